The molecule has 18 heavy (non-hydrogen) atoms. The SMILES string of the molecule is CCOC(=O)C(CC=Cc1ccccc1)[N+](=O)[O-]. The van der Waals surface area contributed by atoms with Gasteiger partial charge in [0.25, 0.3) is 0 Å². The fourth-order valence-corrected chi connectivity index (χ4v) is 1.40. The first-order chi connectivity index (χ1) is 8.65. The third-order valence-corrected chi connectivity index (χ3v) is 2.28. The third kappa shape index (κ3) is 4.37. The largest absolute Gasteiger partial charge is 0.461 e. The quantitative estimate of drug-likeness (QED) is 0.440. The minimum absolute atomic E-state index is 0.0285. The van der Waals surface area contributed by atoms with Gasteiger partial charge in [-0.1, -0.05) is 42.5 Å². The first-order valence-corrected chi connectivity index (χ1v) is 5.67. The Morgan fingerprint density at radius 3 is 2.67 bits per heavy atom. The van der Waals surface area contributed by atoms with E-state index in [1.807, 2.05) is 30.3 Å². The molecule has 0 radical (unpaired) electrons. The number of esters is 1. The summed E-state index contributed by atoms with van der Waals surface area (Å²) in [5.41, 5.74) is 0.934. The summed E-state index contributed by atoms with van der Waals surface area (Å²) in [6.45, 7) is 1.76. The van der Waals surface area contributed by atoms with E-state index in [2.05, 4.69) is 4.74 Å². The van der Waals surface area contributed by atoms with Crippen molar-refractivity contribution < 1.29 is 14.5 Å². The molecule has 1 aromatic carbocycles. The van der Waals surface area contributed by atoms with Gasteiger partial charge < -0.3 is 4.74 Å². The van der Waals surface area contributed by atoms with Crippen molar-refractivity contribution in [1.29, 1.82) is 0 Å². The summed E-state index contributed by atoms with van der Waals surface area (Å²) < 4.78 is 4.65. The van der Waals surface area contributed by atoms with E-state index in [9.17, 15) is 14.9 Å². The number of nitrogens with zero attached hydrogens (tertiary/aromatic N) is 1. The van der Waals surface area contributed by atoms with Crippen LogP contribution < -0.4 is 0 Å². The topological polar surface area (TPSA) is 69.4 Å². The average molecular weight is 249 g/mol. The molecule has 1 unspecified atom stereocenters. The van der Waals surface area contributed by atoms with Crippen LogP contribution in [0.25, 0.3) is 6.08 Å². The Balaban J connectivity index is 2.60. The first-order valence-electron chi connectivity index (χ1n) is 5.67. The van der Waals surface area contributed by atoms with Crippen molar-refractivity contribution in [3.63, 3.8) is 0 Å². The molecule has 0 aliphatic rings. The summed E-state index contributed by atoms with van der Waals surface area (Å²) in [6.07, 6.45) is 3.39. The van der Waals surface area contributed by atoms with Crippen molar-refractivity contribution in [2.45, 2.75) is 19.4 Å². The Hall–Kier alpha value is -2.17. The maximum Gasteiger partial charge on any atom is 0.381 e. The van der Waals surface area contributed by atoms with Crippen LogP contribution in [-0.2, 0) is 9.53 Å². The predicted octanol–water partition coefficient (Wildman–Crippen LogP) is 2.30. The molecule has 0 spiro atoms. The van der Waals surface area contributed by atoms with Gasteiger partial charge in [0.05, 0.1) is 6.61 Å². The molecule has 1 rings (SSSR count). The maximum atomic E-state index is 11.3. The molecule has 1 aromatic rings. The van der Waals surface area contributed by atoms with E-state index < -0.39 is 16.9 Å². The number of carbonyl (C=O) groups is 1. The Morgan fingerprint density at radius 1 is 1.44 bits per heavy atom. The van der Waals surface area contributed by atoms with Crippen LogP contribution in [0.4, 0.5) is 0 Å². The van der Waals surface area contributed by atoms with Crippen LogP contribution >= 0.6 is 0 Å². The molecular weight excluding hydrogens is 234 g/mol. The molecule has 5 nitrogen and oxygen atoms in total. The standard InChI is InChI=1S/C13H15NO4/c1-2-18-13(15)12(14(16)17)10-6-9-11-7-4-3-5-8-11/h3-9,12H,2,10H2,1H3. The maximum absolute atomic E-state index is 11.3. The highest BCUT2D eigenvalue weighted by Crippen LogP contribution is 2.06. The summed E-state index contributed by atoms with van der Waals surface area (Å²) >= 11 is 0. The van der Waals surface area contributed by atoms with E-state index >= 15 is 0 Å². The van der Waals surface area contributed by atoms with Crippen LogP contribution in [0.5, 0.6) is 0 Å². The van der Waals surface area contributed by atoms with E-state index in [4.69, 9.17) is 0 Å². The molecule has 0 saturated carbocycles. The normalized spacial score (nSPS) is 12.3. The first kappa shape index (κ1) is 13.9. The minimum atomic E-state index is -1.33. The van der Waals surface area contributed by atoms with Crippen molar-refractivity contribution in [3.8, 4) is 0 Å². The van der Waals surface area contributed by atoms with Crippen LogP contribution in [0.2, 0.25) is 0 Å². The lowest BCUT2D eigenvalue weighted by Gasteiger charge is -2.05. The lowest BCUT2D eigenvalue weighted by Crippen LogP contribution is -2.30. The summed E-state index contributed by atoms with van der Waals surface area (Å²) in [6, 6.07) is 8.05. The molecule has 0 amide bonds. The average Bonchev–Trinajstić information content (AvgIpc) is 2.35. The van der Waals surface area contributed by atoms with Crippen LogP contribution in [0.1, 0.15) is 18.9 Å². The van der Waals surface area contributed by atoms with Gasteiger partial charge in [0.1, 0.15) is 0 Å². The van der Waals surface area contributed by atoms with E-state index in [0.717, 1.165) is 5.56 Å². The third-order valence-electron chi connectivity index (χ3n) is 2.28. The van der Waals surface area contributed by atoms with E-state index in [0.29, 0.717) is 0 Å². The van der Waals surface area contributed by atoms with Crippen molar-refractivity contribution in [1.82, 2.24) is 0 Å². The van der Waals surface area contributed by atoms with Crippen molar-refractivity contribution in [3.05, 3.63) is 52.1 Å². The molecule has 0 aliphatic heterocycles. The highest BCUT2D eigenvalue weighted by Gasteiger charge is 2.29. The Kier molecular flexibility index (Phi) is 5.57. The van der Waals surface area contributed by atoms with Crippen molar-refractivity contribution in [2.24, 2.45) is 0 Å². The van der Waals surface area contributed by atoms with Gasteiger partial charge in [-0.25, -0.2) is 4.79 Å². The Morgan fingerprint density at radius 2 is 2.11 bits per heavy atom. The van der Waals surface area contributed by atoms with Gasteiger partial charge in [0, 0.05) is 11.3 Å². The zero-order valence-electron chi connectivity index (χ0n) is 10.1. The zero-order valence-corrected chi connectivity index (χ0v) is 10.1. The number of hydrogen-bond acceptors (Lipinski definition) is 4. The molecule has 0 saturated heterocycles. The lowest BCUT2D eigenvalue weighted by atomic mass is 10.1. The highest BCUT2D eigenvalue weighted by molar-refractivity contribution is 5.74. The van der Waals surface area contributed by atoms with Gasteiger partial charge in [-0.15, -0.1) is 0 Å². The predicted molar refractivity (Wildman–Crippen MR) is 67.5 cm³/mol. The lowest BCUT2D eigenvalue weighted by molar-refractivity contribution is -0.509. The Bertz CT molecular complexity index is 428. The van der Waals surface area contributed by atoms with Gasteiger partial charge in [0.2, 0.25) is 0 Å². The van der Waals surface area contributed by atoms with Gasteiger partial charge in [-0.3, -0.25) is 10.1 Å². The van der Waals surface area contributed by atoms with Gasteiger partial charge >= 0.3 is 12.0 Å². The number of ether oxygens (including phenoxy) is 1. The summed E-state index contributed by atoms with van der Waals surface area (Å²) in [5, 5.41) is 10.7. The van der Waals surface area contributed by atoms with Crippen LogP contribution in [0.3, 0.4) is 0 Å². The molecular formula is C13H15NO4. The summed E-state index contributed by atoms with van der Waals surface area (Å²) in [7, 11) is 0. The fourth-order valence-electron chi connectivity index (χ4n) is 1.40. The van der Waals surface area contributed by atoms with Crippen LogP contribution in [-0.4, -0.2) is 23.5 Å². The zero-order chi connectivity index (χ0) is 13.4. The van der Waals surface area contributed by atoms with E-state index in [1.54, 1.807) is 19.1 Å². The Labute approximate surface area is 105 Å². The number of carbonyl (C=O) groups excluding carboxylic acids is 1. The smallest absolute Gasteiger partial charge is 0.381 e. The fraction of sp³-hybridized carbons (Fsp3) is 0.308. The molecule has 0 heterocycles. The highest BCUT2D eigenvalue weighted by atomic mass is 16.6. The van der Waals surface area contributed by atoms with E-state index in [1.165, 1.54) is 0 Å². The molecule has 0 bridgehead atoms. The molecule has 96 valence electrons. The second-order valence-corrected chi connectivity index (χ2v) is 3.60. The van der Waals surface area contributed by atoms with Crippen LogP contribution in [0.15, 0.2) is 36.4 Å². The van der Waals surface area contributed by atoms with E-state index in [-0.39, 0.29) is 13.0 Å². The second kappa shape index (κ2) is 7.21. The van der Waals surface area contributed by atoms with Gasteiger partial charge in [0.15, 0.2) is 0 Å². The van der Waals surface area contributed by atoms with Crippen molar-refractivity contribution in [2.75, 3.05) is 6.61 Å². The molecule has 5 heteroatoms. The minimum Gasteiger partial charge on any atom is -0.461 e. The van der Waals surface area contributed by atoms with Crippen LogP contribution in [0, 0.1) is 10.1 Å². The molecule has 0 aromatic heterocycles. The number of rotatable bonds is 6. The van der Waals surface area contributed by atoms with Gasteiger partial charge in [-0.2, -0.15) is 0 Å². The van der Waals surface area contributed by atoms with Crippen molar-refractivity contribution >= 4 is 12.0 Å². The number of benzene rings is 1. The summed E-state index contributed by atoms with van der Waals surface area (Å²) in [4.78, 5) is 21.4. The molecule has 0 aliphatic carbocycles. The molecule has 0 N–H and O–H groups in total. The molecule has 1 atom stereocenters. The summed E-state index contributed by atoms with van der Waals surface area (Å²) in [5.74, 6) is -0.791. The number of hydrogen-bond donors (Lipinski definition) is 0. The number of nitro groups is 1. The second-order valence-electron chi connectivity index (χ2n) is 3.60. The monoisotopic (exact) mass is 249 g/mol. The molecule has 0 fully saturated rings. The van der Waals surface area contributed by atoms with Gasteiger partial charge in [-0.05, 0) is 12.5 Å².